The number of fused-ring (bicyclic) bond motifs is 3. The number of aryl methyl sites for hydroxylation is 1. The Balaban J connectivity index is 1.31. The summed E-state index contributed by atoms with van der Waals surface area (Å²) in [5.74, 6) is 0.599. The van der Waals surface area contributed by atoms with E-state index in [9.17, 15) is 10.1 Å². The number of nitro groups is 1. The molecule has 4 heterocycles. The lowest BCUT2D eigenvalue weighted by molar-refractivity contribution is -0.385. The number of ether oxygens (including phenoxy) is 2. The third-order valence-corrected chi connectivity index (χ3v) is 7.32. The van der Waals surface area contributed by atoms with Gasteiger partial charge in [0.15, 0.2) is 0 Å². The Kier molecular flexibility index (Phi) is 5.94. The Labute approximate surface area is 209 Å². The van der Waals surface area contributed by atoms with E-state index in [0.717, 1.165) is 38.2 Å². The number of nitro benzene ring substituents is 1. The Bertz CT molecular complexity index is 1390. The van der Waals surface area contributed by atoms with Gasteiger partial charge in [-0.25, -0.2) is 0 Å². The summed E-state index contributed by atoms with van der Waals surface area (Å²) in [5.41, 5.74) is 6.13. The number of hydrogen-bond acceptors (Lipinski definition) is 7. The number of para-hydroxylation sites is 1. The fraction of sp³-hybridized carbons (Fsp3) is 0.370. The highest BCUT2D eigenvalue weighted by atomic mass is 16.6. The Morgan fingerprint density at radius 1 is 1.17 bits per heavy atom. The van der Waals surface area contributed by atoms with Gasteiger partial charge in [-0.1, -0.05) is 18.2 Å². The fourth-order valence-corrected chi connectivity index (χ4v) is 5.58. The molecule has 1 aromatic heterocycles. The van der Waals surface area contributed by atoms with Crippen LogP contribution >= 0.6 is 0 Å². The molecule has 3 aliphatic heterocycles. The lowest BCUT2D eigenvalue weighted by atomic mass is 10.0. The molecule has 0 unspecified atom stereocenters. The molecule has 36 heavy (non-hydrogen) atoms. The van der Waals surface area contributed by atoms with Crippen molar-refractivity contribution in [2.24, 2.45) is 4.99 Å². The van der Waals surface area contributed by atoms with Crippen molar-refractivity contribution in [3.63, 3.8) is 0 Å². The summed E-state index contributed by atoms with van der Waals surface area (Å²) < 4.78 is 13.5. The minimum atomic E-state index is -0.308. The molecule has 1 saturated heterocycles. The summed E-state index contributed by atoms with van der Waals surface area (Å²) in [6.45, 7) is 4.68. The SMILES string of the molecule is COc1cc(CN2CCOCC2)c([N+](=O)[O-])cc1N1C=CC(c2c3n(c4ccccc24)CCC3)=NC1. The first-order valence-corrected chi connectivity index (χ1v) is 12.4. The van der Waals surface area contributed by atoms with Gasteiger partial charge in [-0.2, -0.15) is 0 Å². The van der Waals surface area contributed by atoms with Crippen molar-refractivity contribution in [3.05, 3.63) is 75.6 Å². The Morgan fingerprint density at radius 3 is 2.75 bits per heavy atom. The average molecular weight is 488 g/mol. The number of aromatic nitrogens is 1. The molecule has 0 spiro atoms. The van der Waals surface area contributed by atoms with Crippen LogP contribution in [-0.4, -0.2) is 60.2 Å². The molecule has 0 radical (unpaired) electrons. The van der Waals surface area contributed by atoms with Crippen molar-refractivity contribution in [2.45, 2.75) is 25.9 Å². The van der Waals surface area contributed by atoms with Crippen LogP contribution in [0.5, 0.6) is 5.75 Å². The number of hydrogen-bond donors (Lipinski definition) is 0. The van der Waals surface area contributed by atoms with Crippen molar-refractivity contribution >= 4 is 28.0 Å². The molecule has 186 valence electrons. The van der Waals surface area contributed by atoms with Crippen molar-refractivity contribution in [1.29, 1.82) is 0 Å². The first kappa shape index (κ1) is 22.8. The lowest BCUT2D eigenvalue weighted by Crippen LogP contribution is -2.35. The number of methoxy groups -OCH3 is 1. The van der Waals surface area contributed by atoms with E-state index in [1.165, 1.54) is 22.2 Å². The number of rotatable bonds is 6. The number of morpholine rings is 1. The topological polar surface area (TPSA) is 85.4 Å². The first-order valence-electron chi connectivity index (χ1n) is 12.4. The first-order chi connectivity index (χ1) is 17.6. The second kappa shape index (κ2) is 9.40. The quantitative estimate of drug-likeness (QED) is 0.384. The van der Waals surface area contributed by atoms with Gasteiger partial charge < -0.3 is 18.9 Å². The molecular weight excluding hydrogens is 458 g/mol. The second-order valence-electron chi connectivity index (χ2n) is 9.36. The number of benzene rings is 2. The molecule has 2 aromatic carbocycles. The second-order valence-corrected chi connectivity index (χ2v) is 9.36. The van der Waals surface area contributed by atoms with E-state index >= 15 is 0 Å². The maximum absolute atomic E-state index is 12.0. The summed E-state index contributed by atoms with van der Waals surface area (Å²) in [6, 6.07) is 11.9. The number of nitrogens with zero attached hydrogens (tertiary/aromatic N) is 5. The summed E-state index contributed by atoms with van der Waals surface area (Å²) in [5, 5.41) is 13.2. The predicted octanol–water partition coefficient (Wildman–Crippen LogP) is 4.12. The largest absolute Gasteiger partial charge is 0.495 e. The van der Waals surface area contributed by atoms with Gasteiger partial charge in [0.25, 0.3) is 5.69 Å². The Morgan fingerprint density at radius 2 is 2.00 bits per heavy atom. The number of aliphatic imine (C=N–C) groups is 1. The number of allylic oxidation sites excluding steroid dienone is 1. The van der Waals surface area contributed by atoms with E-state index in [-0.39, 0.29) is 10.6 Å². The van der Waals surface area contributed by atoms with Gasteiger partial charge in [0, 0.05) is 66.2 Å². The molecule has 9 heteroatoms. The van der Waals surface area contributed by atoms with E-state index in [1.807, 2.05) is 17.2 Å². The highest BCUT2D eigenvalue weighted by molar-refractivity contribution is 6.18. The molecule has 0 bridgehead atoms. The van der Waals surface area contributed by atoms with Crippen LogP contribution in [0.15, 0.2) is 53.7 Å². The van der Waals surface area contributed by atoms with E-state index in [0.29, 0.717) is 43.4 Å². The summed E-state index contributed by atoms with van der Waals surface area (Å²) >= 11 is 0. The minimum absolute atomic E-state index is 0.0942. The summed E-state index contributed by atoms with van der Waals surface area (Å²) in [6.07, 6.45) is 6.16. The molecule has 0 N–H and O–H groups in total. The van der Waals surface area contributed by atoms with Crippen LogP contribution in [-0.2, 0) is 24.2 Å². The smallest absolute Gasteiger partial charge is 0.276 e. The fourth-order valence-electron chi connectivity index (χ4n) is 5.58. The van der Waals surface area contributed by atoms with E-state index < -0.39 is 0 Å². The molecule has 9 nitrogen and oxygen atoms in total. The van der Waals surface area contributed by atoms with Gasteiger partial charge in [-0.15, -0.1) is 0 Å². The monoisotopic (exact) mass is 487 g/mol. The van der Waals surface area contributed by atoms with Gasteiger partial charge in [-0.3, -0.25) is 20.0 Å². The molecule has 0 saturated carbocycles. The zero-order chi connectivity index (χ0) is 24.6. The van der Waals surface area contributed by atoms with Gasteiger partial charge >= 0.3 is 0 Å². The van der Waals surface area contributed by atoms with Gasteiger partial charge in [-0.05, 0) is 31.1 Å². The van der Waals surface area contributed by atoms with Crippen molar-refractivity contribution in [3.8, 4) is 5.75 Å². The zero-order valence-electron chi connectivity index (χ0n) is 20.4. The van der Waals surface area contributed by atoms with Crippen LogP contribution in [0.2, 0.25) is 0 Å². The van der Waals surface area contributed by atoms with Gasteiger partial charge in [0.05, 0.1) is 36.6 Å². The van der Waals surface area contributed by atoms with E-state index in [1.54, 1.807) is 19.2 Å². The highest BCUT2D eigenvalue weighted by Crippen LogP contribution is 2.38. The average Bonchev–Trinajstić information content (AvgIpc) is 3.50. The van der Waals surface area contributed by atoms with Crippen LogP contribution < -0.4 is 9.64 Å². The molecular formula is C27H29N5O4. The maximum atomic E-state index is 12.0. The summed E-state index contributed by atoms with van der Waals surface area (Å²) in [7, 11) is 1.60. The van der Waals surface area contributed by atoms with Crippen molar-refractivity contribution < 1.29 is 14.4 Å². The predicted molar refractivity (Wildman–Crippen MR) is 139 cm³/mol. The third kappa shape index (κ3) is 3.94. The normalized spacial score (nSPS) is 17.9. The van der Waals surface area contributed by atoms with E-state index in [4.69, 9.17) is 14.5 Å². The maximum Gasteiger partial charge on any atom is 0.276 e. The van der Waals surface area contributed by atoms with Crippen LogP contribution in [0.25, 0.3) is 10.9 Å². The number of anilines is 1. The van der Waals surface area contributed by atoms with Crippen LogP contribution in [0.4, 0.5) is 11.4 Å². The molecule has 0 amide bonds. The standard InChI is InChI=1S/C27H29N5O4/c1-35-26-15-19(17-29-11-13-36-14-12-29)24(32(33)34)16-25(26)30-10-8-21(28-18-30)27-20-5-2-3-6-22(20)31-9-4-7-23(27)31/h2-3,5-6,8,10,15-16H,4,7,9,11-14,17-18H2,1H3. The van der Waals surface area contributed by atoms with E-state index in [2.05, 4.69) is 33.7 Å². The van der Waals surface area contributed by atoms with Crippen LogP contribution in [0.1, 0.15) is 23.2 Å². The Hall–Kier alpha value is -3.69. The molecule has 3 aliphatic rings. The van der Waals surface area contributed by atoms with Crippen LogP contribution in [0.3, 0.4) is 0 Å². The highest BCUT2D eigenvalue weighted by Gasteiger charge is 2.27. The van der Waals surface area contributed by atoms with Crippen molar-refractivity contribution in [1.82, 2.24) is 9.47 Å². The third-order valence-electron chi connectivity index (χ3n) is 7.32. The van der Waals surface area contributed by atoms with Gasteiger partial charge in [0.1, 0.15) is 12.4 Å². The minimum Gasteiger partial charge on any atom is -0.495 e. The van der Waals surface area contributed by atoms with Crippen LogP contribution in [0, 0.1) is 10.1 Å². The molecule has 6 rings (SSSR count). The molecule has 0 aliphatic carbocycles. The molecule has 1 fully saturated rings. The zero-order valence-corrected chi connectivity index (χ0v) is 20.4. The van der Waals surface area contributed by atoms with Crippen molar-refractivity contribution in [2.75, 3.05) is 45.0 Å². The molecule has 3 aromatic rings. The summed E-state index contributed by atoms with van der Waals surface area (Å²) in [4.78, 5) is 20.7. The van der Waals surface area contributed by atoms with Gasteiger partial charge in [0.2, 0.25) is 0 Å². The molecule has 0 atom stereocenters. The lowest BCUT2D eigenvalue weighted by Gasteiger charge is -2.28.